The molecule has 10 heteroatoms. The lowest BCUT2D eigenvalue weighted by atomic mass is 9.99. The van der Waals surface area contributed by atoms with Crippen molar-refractivity contribution in [3.8, 4) is 0 Å². The predicted octanol–water partition coefficient (Wildman–Crippen LogP) is 8.49. The van der Waals surface area contributed by atoms with Crippen molar-refractivity contribution in [2.45, 2.75) is 198 Å². The Morgan fingerprint density at radius 3 is 1.67 bits per heavy atom. The van der Waals surface area contributed by atoms with Gasteiger partial charge in [-0.15, -0.1) is 0 Å². The third-order valence-electron chi connectivity index (χ3n) is 9.45. The summed E-state index contributed by atoms with van der Waals surface area (Å²) in [6.45, 7) is 3.25. The summed E-state index contributed by atoms with van der Waals surface area (Å²) in [7, 11) is 0. The van der Waals surface area contributed by atoms with Gasteiger partial charge < -0.3 is 39.4 Å². The topological polar surface area (TPSA) is 152 Å². The van der Waals surface area contributed by atoms with Gasteiger partial charge in [-0.3, -0.25) is 9.59 Å². The molecule has 0 aromatic heterocycles. The summed E-state index contributed by atoms with van der Waals surface area (Å²) in [6, 6.07) is 0. The van der Waals surface area contributed by atoms with Crippen molar-refractivity contribution in [3.05, 3.63) is 48.6 Å². The van der Waals surface area contributed by atoms with Crippen molar-refractivity contribution in [2.24, 2.45) is 0 Å². The fraction of sp³-hybridized carbons (Fsp3) is 0.773. The molecule has 0 aromatic rings. The van der Waals surface area contributed by atoms with Crippen molar-refractivity contribution in [3.63, 3.8) is 0 Å². The van der Waals surface area contributed by atoms with Crippen molar-refractivity contribution in [1.29, 1.82) is 0 Å². The summed E-state index contributed by atoms with van der Waals surface area (Å²) in [5.74, 6) is -0.832. The standard InChI is InChI=1S/C44H76O10/c1-3-5-7-9-11-13-15-17-18-19-20-21-23-25-27-29-31-33-40(47)53-37(36-52-44-43(50)42(49)41(48)38(34-45)54-44)35-51-39(46)32-30-28-26-24-22-16-14-12-10-8-6-4-2/h5,7,11-14,17-18,37-38,41-45,48-50H,3-4,6,8-10,15-16,19-36H2,1-2H3/b7-5-,13-11-,14-12-,18-17-. The first-order valence-electron chi connectivity index (χ1n) is 21.2. The van der Waals surface area contributed by atoms with Crippen molar-refractivity contribution in [2.75, 3.05) is 19.8 Å². The molecule has 0 spiro atoms. The Labute approximate surface area is 327 Å². The first-order chi connectivity index (χ1) is 26.3. The third-order valence-corrected chi connectivity index (χ3v) is 9.45. The number of carbonyl (C=O) groups is 2. The highest BCUT2D eigenvalue weighted by atomic mass is 16.7. The van der Waals surface area contributed by atoms with E-state index in [-0.39, 0.29) is 26.1 Å². The minimum absolute atomic E-state index is 0.216. The van der Waals surface area contributed by atoms with Crippen LogP contribution in [0.15, 0.2) is 48.6 Å². The number of rotatable bonds is 34. The minimum Gasteiger partial charge on any atom is -0.462 e. The van der Waals surface area contributed by atoms with Crippen molar-refractivity contribution in [1.82, 2.24) is 0 Å². The second kappa shape index (κ2) is 35.1. The zero-order valence-electron chi connectivity index (χ0n) is 33.7. The molecule has 1 aliphatic heterocycles. The highest BCUT2D eigenvalue weighted by molar-refractivity contribution is 5.70. The molecular formula is C44H76O10. The van der Waals surface area contributed by atoms with Gasteiger partial charge in [0, 0.05) is 12.8 Å². The molecule has 4 N–H and O–H groups in total. The highest BCUT2D eigenvalue weighted by Gasteiger charge is 2.44. The van der Waals surface area contributed by atoms with Gasteiger partial charge in [-0.2, -0.15) is 0 Å². The molecule has 1 aliphatic rings. The number of esters is 2. The quantitative estimate of drug-likeness (QED) is 0.0285. The van der Waals surface area contributed by atoms with Crippen LogP contribution in [0, 0.1) is 0 Å². The van der Waals surface area contributed by atoms with Gasteiger partial charge in [0.15, 0.2) is 12.4 Å². The molecule has 54 heavy (non-hydrogen) atoms. The molecule has 1 saturated heterocycles. The van der Waals surface area contributed by atoms with E-state index in [1.165, 1.54) is 38.5 Å². The zero-order chi connectivity index (χ0) is 39.5. The van der Waals surface area contributed by atoms with Crippen LogP contribution in [0.3, 0.4) is 0 Å². The van der Waals surface area contributed by atoms with E-state index in [0.717, 1.165) is 83.5 Å². The lowest BCUT2D eigenvalue weighted by molar-refractivity contribution is -0.305. The first kappa shape index (κ1) is 49.7. The van der Waals surface area contributed by atoms with Crippen LogP contribution in [0.5, 0.6) is 0 Å². The van der Waals surface area contributed by atoms with Gasteiger partial charge in [-0.1, -0.05) is 127 Å². The smallest absolute Gasteiger partial charge is 0.306 e. The molecule has 10 nitrogen and oxygen atoms in total. The van der Waals surface area contributed by atoms with Crippen LogP contribution in [0.1, 0.15) is 162 Å². The van der Waals surface area contributed by atoms with Crippen LogP contribution in [0.4, 0.5) is 0 Å². The fourth-order valence-electron chi connectivity index (χ4n) is 6.08. The minimum atomic E-state index is -1.60. The zero-order valence-corrected chi connectivity index (χ0v) is 33.7. The Bertz CT molecular complexity index is 1020. The van der Waals surface area contributed by atoms with Crippen LogP contribution in [0.2, 0.25) is 0 Å². The molecule has 1 heterocycles. The Kier molecular flexibility index (Phi) is 32.3. The Morgan fingerprint density at radius 2 is 1.09 bits per heavy atom. The molecule has 0 bridgehead atoms. The maximum absolute atomic E-state index is 12.7. The maximum atomic E-state index is 12.7. The van der Waals surface area contributed by atoms with Crippen LogP contribution in [-0.4, -0.2) is 89.0 Å². The second-order valence-corrected chi connectivity index (χ2v) is 14.4. The molecule has 0 amide bonds. The monoisotopic (exact) mass is 765 g/mol. The van der Waals surface area contributed by atoms with Gasteiger partial charge in [0.25, 0.3) is 0 Å². The Hall–Kier alpha value is -2.34. The normalized spacial score (nSPS) is 21.2. The van der Waals surface area contributed by atoms with Gasteiger partial charge in [0.05, 0.1) is 13.2 Å². The van der Waals surface area contributed by atoms with E-state index in [9.17, 15) is 30.0 Å². The van der Waals surface area contributed by atoms with E-state index in [2.05, 4.69) is 62.5 Å². The van der Waals surface area contributed by atoms with E-state index < -0.39 is 55.4 Å². The highest BCUT2D eigenvalue weighted by Crippen LogP contribution is 2.22. The number of aliphatic hydroxyl groups excluding tert-OH is 4. The predicted molar refractivity (Wildman–Crippen MR) is 215 cm³/mol. The van der Waals surface area contributed by atoms with Gasteiger partial charge in [-0.25, -0.2) is 0 Å². The van der Waals surface area contributed by atoms with Crippen LogP contribution in [0.25, 0.3) is 0 Å². The van der Waals surface area contributed by atoms with E-state index >= 15 is 0 Å². The number of carbonyl (C=O) groups excluding carboxylic acids is 2. The van der Waals surface area contributed by atoms with E-state index in [4.69, 9.17) is 18.9 Å². The number of unbranched alkanes of at least 4 members (excludes halogenated alkanes) is 15. The summed E-state index contributed by atoms with van der Waals surface area (Å²) >= 11 is 0. The number of allylic oxidation sites excluding steroid dienone is 8. The van der Waals surface area contributed by atoms with E-state index in [1.54, 1.807) is 0 Å². The molecule has 0 radical (unpaired) electrons. The molecule has 0 aliphatic carbocycles. The molecular weight excluding hydrogens is 688 g/mol. The van der Waals surface area contributed by atoms with Crippen LogP contribution in [-0.2, 0) is 28.5 Å². The molecule has 1 rings (SSSR count). The molecule has 0 saturated carbocycles. The molecule has 312 valence electrons. The Balaban J connectivity index is 2.36. The van der Waals surface area contributed by atoms with Crippen LogP contribution < -0.4 is 0 Å². The molecule has 6 unspecified atom stereocenters. The summed E-state index contributed by atoms with van der Waals surface area (Å²) < 4.78 is 22.1. The van der Waals surface area contributed by atoms with Gasteiger partial charge >= 0.3 is 11.9 Å². The largest absolute Gasteiger partial charge is 0.462 e. The SMILES string of the molecule is CC/C=C\C/C=C\C/C=C\CCCCCCCCCC(=O)OC(COC(=O)CCCCCCC/C=C\CCCCC)COC1OC(CO)C(O)C(O)C1O. The van der Waals surface area contributed by atoms with Gasteiger partial charge in [0.2, 0.25) is 0 Å². The lowest BCUT2D eigenvalue weighted by Crippen LogP contribution is -2.59. The molecule has 0 aromatic carbocycles. The summed E-state index contributed by atoms with van der Waals surface area (Å²) in [4.78, 5) is 25.2. The average Bonchev–Trinajstić information content (AvgIpc) is 3.17. The summed E-state index contributed by atoms with van der Waals surface area (Å²) in [5, 5.41) is 40.0. The number of ether oxygens (including phenoxy) is 4. The Morgan fingerprint density at radius 1 is 0.593 bits per heavy atom. The van der Waals surface area contributed by atoms with Crippen molar-refractivity contribution < 1.29 is 49.0 Å². The summed E-state index contributed by atoms with van der Waals surface area (Å²) in [5.41, 5.74) is 0. The number of aliphatic hydroxyl groups is 4. The first-order valence-corrected chi connectivity index (χ1v) is 21.2. The van der Waals surface area contributed by atoms with E-state index in [1.807, 2.05) is 0 Å². The maximum Gasteiger partial charge on any atom is 0.306 e. The summed E-state index contributed by atoms with van der Waals surface area (Å²) in [6.07, 6.45) is 32.6. The van der Waals surface area contributed by atoms with Crippen LogP contribution >= 0.6 is 0 Å². The van der Waals surface area contributed by atoms with Gasteiger partial charge in [-0.05, 0) is 70.6 Å². The van der Waals surface area contributed by atoms with E-state index in [0.29, 0.717) is 12.8 Å². The van der Waals surface area contributed by atoms with Gasteiger partial charge in [0.1, 0.15) is 31.0 Å². The lowest BCUT2D eigenvalue weighted by Gasteiger charge is -2.39. The van der Waals surface area contributed by atoms with Crippen molar-refractivity contribution >= 4 is 11.9 Å². The number of hydrogen-bond donors (Lipinski definition) is 4. The molecule has 6 atom stereocenters. The third kappa shape index (κ3) is 26.5. The number of hydrogen-bond acceptors (Lipinski definition) is 10. The average molecular weight is 765 g/mol. The molecule has 1 fully saturated rings. The fourth-order valence-corrected chi connectivity index (χ4v) is 6.08. The second-order valence-electron chi connectivity index (χ2n) is 14.4.